The monoisotopic (exact) mass is 360 g/mol. The highest BCUT2D eigenvalue weighted by Crippen LogP contribution is 2.44. The van der Waals surface area contributed by atoms with Crippen molar-refractivity contribution in [2.75, 3.05) is 14.1 Å². The molecule has 2 aromatic heterocycles. The number of aromatic nitrogens is 3. The van der Waals surface area contributed by atoms with Gasteiger partial charge in [-0.05, 0) is 42.0 Å². The fourth-order valence-corrected chi connectivity index (χ4v) is 3.35. The molecule has 138 valence electrons. The quantitative estimate of drug-likeness (QED) is 0.629. The van der Waals surface area contributed by atoms with E-state index in [4.69, 9.17) is 4.98 Å². The standard InChI is InChI=1S/C22H24N4O/c1-4-9-26-14-17(13-23-26)20-12-19(16-6-7-16)18-8-5-15(10-21(18)24-20)11-22(27)25(2)3/h4-5,8,10,12-14,16H,1,6-7,9,11H2,2-3H3. The van der Waals surface area contributed by atoms with Gasteiger partial charge in [-0.1, -0.05) is 18.2 Å². The number of rotatable bonds is 6. The SMILES string of the molecule is C=CCn1cc(-c2cc(C3CC3)c3ccc(CC(=O)N(C)C)cc3n2)cn1. The van der Waals surface area contributed by atoms with Crippen molar-refractivity contribution >= 4 is 16.8 Å². The minimum Gasteiger partial charge on any atom is -0.349 e. The lowest BCUT2D eigenvalue weighted by Gasteiger charge is -2.12. The second kappa shape index (κ2) is 6.99. The van der Waals surface area contributed by atoms with Crippen molar-refractivity contribution in [1.29, 1.82) is 0 Å². The number of carbonyl (C=O) groups is 1. The fraction of sp³-hybridized carbons (Fsp3) is 0.318. The predicted molar refractivity (Wildman–Crippen MR) is 108 cm³/mol. The number of carbonyl (C=O) groups excluding carboxylic acids is 1. The van der Waals surface area contributed by atoms with Crippen LogP contribution in [-0.2, 0) is 17.8 Å². The van der Waals surface area contributed by atoms with Crippen LogP contribution in [0.3, 0.4) is 0 Å². The molecular formula is C22H24N4O. The lowest BCUT2D eigenvalue weighted by Crippen LogP contribution is -2.23. The Balaban J connectivity index is 1.77. The van der Waals surface area contributed by atoms with Gasteiger partial charge in [0.2, 0.25) is 5.91 Å². The molecule has 0 spiro atoms. The van der Waals surface area contributed by atoms with E-state index >= 15 is 0 Å². The van der Waals surface area contributed by atoms with Crippen molar-refractivity contribution in [1.82, 2.24) is 19.7 Å². The molecule has 5 nitrogen and oxygen atoms in total. The number of benzene rings is 1. The number of nitrogens with zero attached hydrogens (tertiary/aromatic N) is 4. The van der Waals surface area contributed by atoms with E-state index in [1.807, 2.05) is 23.2 Å². The number of hydrogen-bond acceptors (Lipinski definition) is 3. The largest absolute Gasteiger partial charge is 0.349 e. The van der Waals surface area contributed by atoms with E-state index in [-0.39, 0.29) is 5.91 Å². The van der Waals surface area contributed by atoms with Gasteiger partial charge in [0, 0.05) is 31.2 Å². The molecule has 0 bridgehead atoms. The van der Waals surface area contributed by atoms with Crippen molar-refractivity contribution < 1.29 is 4.79 Å². The van der Waals surface area contributed by atoms with Crippen LogP contribution in [-0.4, -0.2) is 39.7 Å². The minimum atomic E-state index is 0.0959. The van der Waals surface area contributed by atoms with Gasteiger partial charge in [-0.25, -0.2) is 4.98 Å². The molecule has 0 radical (unpaired) electrons. The van der Waals surface area contributed by atoms with Crippen LogP contribution < -0.4 is 0 Å². The summed E-state index contributed by atoms with van der Waals surface area (Å²) < 4.78 is 1.86. The Morgan fingerprint density at radius 3 is 2.85 bits per heavy atom. The van der Waals surface area contributed by atoms with Crippen molar-refractivity contribution in [2.24, 2.45) is 0 Å². The molecule has 2 heterocycles. The highest BCUT2D eigenvalue weighted by atomic mass is 16.2. The molecule has 27 heavy (non-hydrogen) atoms. The summed E-state index contributed by atoms with van der Waals surface area (Å²) in [5.41, 5.74) is 5.26. The smallest absolute Gasteiger partial charge is 0.226 e. The molecule has 0 saturated heterocycles. The van der Waals surface area contributed by atoms with Crippen molar-refractivity contribution in [3.63, 3.8) is 0 Å². The summed E-state index contributed by atoms with van der Waals surface area (Å²) in [4.78, 5) is 18.6. The van der Waals surface area contributed by atoms with Gasteiger partial charge in [0.05, 0.1) is 30.4 Å². The Morgan fingerprint density at radius 1 is 1.33 bits per heavy atom. The lowest BCUT2D eigenvalue weighted by molar-refractivity contribution is -0.127. The number of likely N-dealkylation sites (N-methyl/N-ethyl adjacent to an activating group) is 1. The molecule has 3 aromatic rings. The summed E-state index contributed by atoms with van der Waals surface area (Å²) in [6, 6.07) is 8.44. The molecule has 1 amide bonds. The Morgan fingerprint density at radius 2 is 2.15 bits per heavy atom. The van der Waals surface area contributed by atoms with Crippen molar-refractivity contribution in [3.8, 4) is 11.3 Å². The molecule has 1 aliphatic carbocycles. The normalized spacial score (nSPS) is 13.7. The summed E-state index contributed by atoms with van der Waals surface area (Å²) in [7, 11) is 3.57. The summed E-state index contributed by atoms with van der Waals surface area (Å²) in [5.74, 6) is 0.713. The van der Waals surface area contributed by atoms with Crippen molar-refractivity contribution in [2.45, 2.75) is 31.7 Å². The Labute approximate surface area is 159 Å². The predicted octanol–water partition coefficient (Wildman–Crippen LogP) is 3.79. The van der Waals surface area contributed by atoms with Gasteiger partial charge in [0.15, 0.2) is 0 Å². The molecule has 4 rings (SSSR count). The third-order valence-corrected chi connectivity index (χ3v) is 5.02. The average Bonchev–Trinajstić information content (AvgIpc) is 3.39. The van der Waals surface area contributed by atoms with E-state index in [1.54, 1.807) is 19.0 Å². The van der Waals surface area contributed by atoms with Crippen LogP contribution in [0.5, 0.6) is 0 Å². The highest BCUT2D eigenvalue weighted by Gasteiger charge is 2.26. The van der Waals surface area contributed by atoms with Crippen LogP contribution in [0.1, 0.15) is 29.9 Å². The first-order chi connectivity index (χ1) is 13.0. The van der Waals surface area contributed by atoms with E-state index in [0.717, 1.165) is 22.3 Å². The molecule has 0 N–H and O–H groups in total. The zero-order valence-electron chi connectivity index (χ0n) is 15.9. The van der Waals surface area contributed by atoms with Gasteiger partial charge in [0.25, 0.3) is 0 Å². The van der Waals surface area contributed by atoms with Crippen LogP contribution in [0, 0.1) is 0 Å². The maximum Gasteiger partial charge on any atom is 0.226 e. The minimum absolute atomic E-state index is 0.0959. The molecule has 1 aromatic carbocycles. The van der Waals surface area contributed by atoms with Crippen molar-refractivity contribution in [3.05, 3.63) is 60.4 Å². The first kappa shape index (κ1) is 17.5. The first-order valence-corrected chi connectivity index (χ1v) is 9.32. The molecule has 5 heteroatoms. The van der Waals surface area contributed by atoms with E-state index in [9.17, 15) is 4.79 Å². The van der Waals surface area contributed by atoms with Crippen LogP contribution in [0.25, 0.3) is 22.2 Å². The molecule has 1 saturated carbocycles. The van der Waals surface area contributed by atoms with Crippen LogP contribution in [0.2, 0.25) is 0 Å². The number of amides is 1. The highest BCUT2D eigenvalue weighted by molar-refractivity contribution is 5.88. The Hall–Kier alpha value is -2.95. The summed E-state index contributed by atoms with van der Waals surface area (Å²) >= 11 is 0. The van der Waals surface area contributed by atoms with E-state index in [0.29, 0.717) is 18.9 Å². The van der Waals surface area contributed by atoms with Gasteiger partial charge >= 0.3 is 0 Å². The summed E-state index contributed by atoms with van der Waals surface area (Å²) in [5, 5.41) is 5.58. The molecular weight excluding hydrogens is 336 g/mol. The number of fused-ring (bicyclic) bond motifs is 1. The summed E-state index contributed by atoms with van der Waals surface area (Å²) in [6.07, 6.45) is 8.54. The maximum atomic E-state index is 12.1. The second-order valence-corrected chi connectivity index (χ2v) is 7.43. The Kier molecular flexibility index (Phi) is 4.52. The molecule has 1 fully saturated rings. The van der Waals surface area contributed by atoms with E-state index in [1.165, 1.54) is 23.8 Å². The van der Waals surface area contributed by atoms with Crippen LogP contribution in [0.15, 0.2) is 49.3 Å². The number of allylic oxidation sites excluding steroid dienone is 1. The third-order valence-electron chi connectivity index (χ3n) is 5.02. The zero-order chi connectivity index (χ0) is 19.0. The molecule has 0 unspecified atom stereocenters. The topological polar surface area (TPSA) is 51.0 Å². The second-order valence-electron chi connectivity index (χ2n) is 7.43. The van der Waals surface area contributed by atoms with Gasteiger partial charge < -0.3 is 4.90 Å². The Bertz CT molecular complexity index is 1010. The van der Waals surface area contributed by atoms with E-state index in [2.05, 4.69) is 35.9 Å². The lowest BCUT2D eigenvalue weighted by atomic mass is 9.99. The average molecular weight is 360 g/mol. The number of hydrogen-bond donors (Lipinski definition) is 0. The van der Waals surface area contributed by atoms with Crippen LogP contribution in [0.4, 0.5) is 0 Å². The fourth-order valence-electron chi connectivity index (χ4n) is 3.35. The third kappa shape index (κ3) is 3.63. The molecule has 1 aliphatic rings. The van der Waals surface area contributed by atoms with Gasteiger partial charge in [0.1, 0.15) is 0 Å². The maximum absolute atomic E-state index is 12.1. The molecule has 0 atom stereocenters. The molecule has 0 aliphatic heterocycles. The van der Waals surface area contributed by atoms with Gasteiger partial charge in [-0.2, -0.15) is 5.10 Å². The first-order valence-electron chi connectivity index (χ1n) is 9.32. The summed E-state index contributed by atoms with van der Waals surface area (Å²) in [6.45, 7) is 4.44. The van der Waals surface area contributed by atoms with Gasteiger partial charge in [-0.3, -0.25) is 9.48 Å². The van der Waals surface area contributed by atoms with Gasteiger partial charge in [-0.15, -0.1) is 6.58 Å². The zero-order valence-corrected chi connectivity index (χ0v) is 15.9. The van der Waals surface area contributed by atoms with E-state index < -0.39 is 0 Å². The number of pyridine rings is 1. The van der Waals surface area contributed by atoms with Crippen LogP contribution >= 0.6 is 0 Å².